The van der Waals surface area contributed by atoms with Gasteiger partial charge in [-0.25, -0.2) is 9.78 Å². The van der Waals surface area contributed by atoms with Crippen LogP contribution in [-0.4, -0.2) is 44.2 Å². The zero-order chi connectivity index (χ0) is 25.8. The molecule has 0 saturated carbocycles. The number of carboxylic acids is 1. The smallest absolute Gasteiger partial charge is 0.335 e. The van der Waals surface area contributed by atoms with E-state index in [4.69, 9.17) is 25.5 Å². The van der Waals surface area contributed by atoms with Gasteiger partial charge in [0.1, 0.15) is 18.2 Å². The third-order valence-electron chi connectivity index (χ3n) is 5.81. The number of aryl methyl sites for hydroxylation is 1. The number of imidazole rings is 1. The number of nitrogens with two attached hydrogens (primary N) is 1. The Morgan fingerprint density at radius 1 is 1.08 bits per heavy atom. The molecule has 0 aliphatic carbocycles. The molecule has 186 valence electrons. The molecular weight excluding hydrogens is 468 g/mol. The summed E-state index contributed by atoms with van der Waals surface area (Å²) < 4.78 is 5.65. The second-order valence-electron chi connectivity index (χ2n) is 8.52. The molecule has 37 heavy (non-hydrogen) atoms. The molecule has 0 atom stereocenters. The van der Waals surface area contributed by atoms with Crippen LogP contribution < -0.4 is 15.8 Å². The fourth-order valence-electron chi connectivity index (χ4n) is 4.01. The van der Waals surface area contributed by atoms with Gasteiger partial charge in [-0.3, -0.25) is 9.97 Å². The number of carboxylic acid groups (broad SMARTS) is 1. The van der Waals surface area contributed by atoms with Gasteiger partial charge in [-0.05, 0) is 61.5 Å². The van der Waals surface area contributed by atoms with Crippen molar-refractivity contribution in [2.75, 3.05) is 18.5 Å². The minimum atomic E-state index is -0.957. The minimum absolute atomic E-state index is 0.237. The van der Waals surface area contributed by atoms with E-state index in [0.29, 0.717) is 31.3 Å². The summed E-state index contributed by atoms with van der Waals surface area (Å²) in [6, 6.07) is 20.4. The van der Waals surface area contributed by atoms with Crippen LogP contribution in [0.25, 0.3) is 33.5 Å². The van der Waals surface area contributed by atoms with Gasteiger partial charge in [-0.1, -0.05) is 12.1 Å². The molecule has 0 aliphatic heterocycles. The Hall–Kier alpha value is -4.76. The van der Waals surface area contributed by atoms with Crippen LogP contribution in [0.5, 0.6) is 5.75 Å². The molecule has 0 spiro atoms. The predicted octanol–water partition coefficient (Wildman–Crippen LogP) is 4.64. The summed E-state index contributed by atoms with van der Waals surface area (Å²) in [5.74, 6) is 0.423. The van der Waals surface area contributed by atoms with E-state index in [1.54, 1.807) is 30.5 Å². The molecule has 9 nitrogen and oxygen atoms in total. The van der Waals surface area contributed by atoms with Gasteiger partial charge < -0.3 is 25.9 Å². The molecule has 0 aliphatic rings. The molecule has 5 aromatic rings. The molecule has 5 N–H and O–H groups in total. The first-order valence-corrected chi connectivity index (χ1v) is 11.8. The van der Waals surface area contributed by atoms with E-state index < -0.39 is 5.97 Å². The Balaban J connectivity index is 1.50. The Morgan fingerprint density at radius 2 is 1.92 bits per heavy atom. The summed E-state index contributed by atoms with van der Waals surface area (Å²) in [6.45, 7) is 3.22. The number of anilines is 1. The van der Waals surface area contributed by atoms with E-state index >= 15 is 0 Å². The summed E-state index contributed by atoms with van der Waals surface area (Å²) in [7, 11) is 0. The maximum atomic E-state index is 11.1. The number of pyridine rings is 2. The number of aromatic nitrogens is 4. The number of hydrogen-bond acceptors (Lipinski definition) is 7. The molecule has 0 amide bonds. The van der Waals surface area contributed by atoms with Gasteiger partial charge >= 0.3 is 5.97 Å². The second kappa shape index (κ2) is 10.5. The van der Waals surface area contributed by atoms with Crippen molar-refractivity contribution in [3.8, 4) is 28.4 Å². The van der Waals surface area contributed by atoms with E-state index in [1.165, 1.54) is 0 Å². The number of aromatic amines is 1. The van der Waals surface area contributed by atoms with Crippen LogP contribution in [-0.2, 0) is 6.54 Å². The van der Waals surface area contributed by atoms with Crippen LogP contribution in [0.15, 0.2) is 72.9 Å². The van der Waals surface area contributed by atoms with E-state index in [0.717, 1.165) is 44.9 Å². The van der Waals surface area contributed by atoms with Crippen molar-refractivity contribution in [1.82, 2.24) is 19.9 Å². The van der Waals surface area contributed by atoms with E-state index in [2.05, 4.69) is 15.3 Å². The zero-order valence-corrected chi connectivity index (χ0v) is 20.2. The number of aromatic carboxylic acids is 1. The zero-order valence-electron chi connectivity index (χ0n) is 20.2. The maximum Gasteiger partial charge on any atom is 0.335 e. The average molecular weight is 495 g/mol. The van der Waals surface area contributed by atoms with Crippen LogP contribution in [0, 0.1) is 6.92 Å². The largest absolute Gasteiger partial charge is 0.491 e. The van der Waals surface area contributed by atoms with E-state index in [-0.39, 0.29) is 5.56 Å². The first kappa shape index (κ1) is 24.0. The normalized spacial score (nSPS) is 11.0. The molecule has 0 fully saturated rings. The van der Waals surface area contributed by atoms with Crippen molar-refractivity contribution in [1.29, 1.82) is 0 Å². The molecule has 2 aromatic carbocycles. The van der Waals surface area contributed by atoms with Gasteiger partial charge in [0.15, 0.2) is 0 Å². The van der Waals surface area contributed by atoms with Crippen molar-refractivity contribution in [2.24, 2.45) is 5.73 Å². The molecule has 5 rings (SSSR count). The van der Waals surface area contributed by atoms with Crippen LogP contribution in [0.2, 0.25) is 0 Å². The standard InChI is InChI=1S/C28H26N6O3/c1-17-3-2-4-24(32-17)27-26(19-7-10-23-20(13-19)14-22(15-31-23)37-12-11-29)33-25(34-27)16-30-21-8-5-18(6-9-21)28(35)36/h2-10,13-15,30H,11-12,16,29H2,1H3,(H,33,34)(H,35,36). The van der Waals surface area contributed by atoms with E-state index in [9.17, 15) is 4.79 Å². The van der Waals surface area contributed by atoms with Crippen LogP contribution in [0.4, 0.5) is 5.69 Å². The Labute approximate surface area is 213 Å². The number of fused-ring (bicyclic) bond motifs is 1. The van der Waals surface area contributed by atoms with Crippen molar-refractivity contribution in [3.63, 3.8) is 0 Å². The van der Waals surface area contributed by atoms with Gasteiger partial charge in [0, 0.05) is 28.9 Å². The molecule has 3 aromatic heterocycles. The first-order chi connectivity index (χ1) is 18.0. The van der Waals surface area contributed by atoms with Gasteiger partial charge in [-0.2, -0.15) is 0 Å². The SMILES string of the molecule is Cc1cccc(-c2[nH]c(CNc3ccc(C(=O)O)cc3)nc2-c2ccc3ncc(OCCN)cc3c2)n1. The van der Waals surface area contributed by atoms with Crippen molar-refractivity contribution in [2.45, 2.75) is 13.5 Å². The highest BCUT2D eigenvalue weighted by Crippen LogP contribution is 2.32. The highest BCUT2D eigenvalue weighted by atomic mass is 16.5. The topological polar surface area (TPSA) is 139 Å². The minimum Gasteiger partial charge on any atom is -0.491 e. The van der Waals surface area contributed by atoms with Gasteiger partial charge in [0.25, 0.3) is 0 Å². The molecule has 9 heteroatoms. The quantitative estimate of drug-likeness (QED) is 0.232. The van der Waals surface area contributed by atoms with Crippen LogP contribution >= 0.6 is 0 Å². The summed E-state index contributed by atoms with van der Waals surface area (Å²) in [4.78, 5) is 28.6. The molecule has 0 saturated heterocycles. The van der Waals surface area contributed by atoms with E-state index in [1.807, 2.05) is 49.4 Å². The Morgan fingerprint density at radius 3 is 2.68 bits per heavy atom. The fraction of sp³-hybridized carbons (Fsp3) is 0.143. The number of hydrogen-bond donors (Lipinski definition) is 4. The third kappa shape index (κ3) is 5.41. The summed E-state index contributed by atoms with van der Waals surface area (Å²) >= 11 is 0. The molecule has 0 radical (unpaired) electrons. The second-order valence-corrected chi connectivity index (χ2v) is 8.52. The van der Waals surface area contributed by atoms with Crippen LogP contribution in [0.3, 0.4) is 0 Å². The predicted molar refractivity (Wildman–Crippen MR) is 143 cm³/mol. The fourth-order valence-corrected chi connectivity index (χ4v) is 4.01. The lowest BCUT2D eigenvalue weighted by atomic mass is 10.1. The number of rotatable bonds is 9. The highest BCUT2D eigenvalue weighted by molar-refractivity contribution is 5.88. The van der Waals surface area contributed by atoms with Gasteiger partial charge in [0.05, 0.1) is 40.9 Å². The monoisotopic (exact) mass is 494 g/mol. The summed E-state index contributed by atoms with van der Waals surface area (Å²) in [6.07, 6.45) is 1.70. The van der Waals surface area contributed by atoms with Crippen molar-refractivity contribution in [3.05, 3.63) is 90.0 Å². The van der Waals surface area contributed by atoms with Crippen LogP contribution in [0.1, 0.15) is 21.9 Å². The highest BCUT2D eigenvalue weighted by Gasteiger charge is 2.16. The van der Waals surface area contributed by atoms with Crippen molar-refractivity contribution < 1.29 is 14.6 Å². The summed E-state index contributed by atoms with van der Waals surface area (Å²) in [5.41, 5.74) is 11.6. The molecule has 3 heterocycles. The number of carbonyl (C=O) groups is 1. The number of H-pyrrole nitrogens is 1. The third-order valence-corrected chi connectivity index (χ3v) is 5.81. The maximum absolute atomic E-state index is 11.1. The van der Waals surface area contributed by atoms with Crippen molar-refractivity contribution >= 4 is 22.6 Å². The Kier molecular flexibility index (Phi) is 6.78. The lowest BCUT2D eigenvalue weighted by Crippen LogP contribution is -2.10. The lowest BCUT2D eigenvalue weighted by Gasteiger charge is -2.07. The number of ether oxygens (including phenoxy) is 1. The first-order valence-electron chi connectivity index (χ1n) is 11.8. The average Bonchev–Trinajstić information content (AvgIpc) is 3.35. The van der Waals surface area contributed by atoms with Gasteiger partial charge in [-0.15, -0.1) is 0 Å². The van der Waals surface area contributed by atoms with Gasteiger partial charge in [0.2, 0.25) is 0 Å². The lowest BCUT2D eigenvalue weighted by molar-refractivity contribution is 0.0697. The molecule has 0 bridgehead atoms. The molecule has 0 unspecified atom stereocenters. The number of nitrogens with one attached hydrogen (secondary N) is 2. The summed E-state index contributed by atoms with van der Waals surface area (Å²) in [5, 5.41) is 13.3. The number of nitrogens with zero attached hydrogens (tertiary/aromatic N) is 3. The number of benzene rings is 2. The Bertz CT molecular complexity index is 1560. The molecular formula is C28H26N6O3.